The van der Waals surface area contributed by atoms with Crippen LogP contribution in [0.1, 0.15) is 24.3 Å². The van der Waals surface area contributed by atoms with Gasteiger partial charge in [0.2, 0.25) is 5.91 Å². The van der Waals surface area contributed by atoms with Crippen molar-refractivity contribution in [2.45, 2.75) is 26.4 Å². The van der Waals surface area contributed by atoms with E-state index in [4.69, 9.17) is 15.2 Å². The fraction of sp³-hybridized carbons (Fsp3) is 0.583. The number of amides is 1. The molecule has 1 amide bonds. The number of hydrogen-bond acceptors (Lipinski definition) is 6. The highest BCUT2D eigenvalue weighted by atomic mass is 16.5. The Balaban J connectivity index is 2.63. The number of nitrogen functional groups attached to an aromatic ring is 1. The highest BCUT2D eigenvalue weighted by molar-refractivity contribution is 5.92. The third kappa shape index (κ3) is 4.54. The van der Waals surface area contributed by atoms with E-state index < -0.39 is 5.97 Å². The topological polar surface area (TPSA) is 108 Å². The maximum absolute atomic E-state index is 11.7. The van der Waals surface area contributed by atoms with Gasteiger partial charge in [-0.2, -0.15) is 5.10 Å². The van der Waals surface area contributed by atoms with Crippen LogP contribution in [0, 0.1) is 0 Å². The second kappa shape index (κ2) is 7.49. The number of ether oxygens (including phenoxy) is 2. The van der Waals surface area contributed by atoms with Gasteiger partial charge in [0.1, 0.15) is 6.54 Å². The van der Waals surface area contributed by atoms with Crippen LogP contribution < -0.4 is 11.1 Å². The molecule has 1 unspecified atom stereocenters. The van der Waals surface area contributed by atoms with E-state index in [0.29, 0.717) is 6.61 Å². The van der Waals surface area contributed by atoms with Crippen molar-refractivity contribution < 1.29 is 19.1 Å². The highest BCUT2D eigenvalue weighted by Crippen LogP contribution is 2.10. The first-order chi connectivity index (χ1) is 9.47. The van der Waals surface area contributed by atoms with Crippen molar-refractivity contribution in [2.75, 3.05) is 26.1 Å². The molecule has 0 aromatic carbocycles. The molecule has 0 saturated carbocycles. The normalized spacial score (nSPS) is 11.9. The minimum absolute atomic E-state index is 0.0181. The predicted molar refractivity (Wildman–Crippen MR) is 72.1 cm³/mol. The van der Waals surface area contributed by atoms with Gasteiger partial charge >= 0.3 is 5.97 Å². The SMILES string of the molecule is CCOC(=O)c1nn(CC(=O)NC(C)COC)cc1N. The van der Waals surface area contributed by atoms with E-state index in [-0.39, 0.29) is 36.5 Å². The first-order valence-corrected chi connectivity index (χ1v) is 6.26. The Morgan fingerprint density at radius 2 is 2.25 bits per heavy atom. The van der Waals surface area contributed by atoms with Crippen molar-refractivity contribution in [3.8, 4) is 0 Å². The quantitative estimate of drug-likeness (QED) is 0.671. The molecule has 20 heavy (non-hydrogen) atoms. The Kier molecular flexibility index (Phi) is 5.98. The minimum Gasteiger partial charge on any atom is -0.461 e. The second-order valence-electron chi connectivity index (χ2n) is 4.28. The monoisotopic (exact) mass is 284 g/mol. The number of nitrogens with zero attached hydrogens (tertiary/aromatic N) is 2. The van der Waals surface area contributed by atoms with Crippen molar-refractivity contribution >= 4 is 17.6 Å². The number of methoxy groups -OCH3 is 1. The lowest BCUT2D eigenvalue weighted by Crippen LogP contribution is -2.37. The van der Waals surface area contributed by atoms with E-state index in [2.05, 4.69) is 10.4 Å². The van der Waals surface area contributed by atoms with Crippen molar-refractivity contribution in [3.63, 3.8) is 0 Å². The molecule has 0 bridgehead atoms. The lowest BCUT2D eigenvalue weighted by Gasteiger charge is -2.12. The fourth-order valence-electron chi connectivity index (χ4n) is 1.64. The van der Waals surface area contributed by atoms with Gasteiger partial charge in [-0.1, -0.05) is 0 Å². The summed E-state index contributed by atoms with van der Waals surface area (Å²) in [6, 6.07) is -0.107. The maximum atomic E-state index is 11.7. The molecule has 0 fully saturated rings. The van der Waals surface area contributed by atoms with Crippen LogP contribution in [0.2, 0.25) is 0 Å². The van der Waals surface area contributed by atoms with Gasteiger partial charge in [0.15, 0.2) is 5.69 Å². The van der Waals surface area contributed by atoms with E-state index in [9.17, 15) is 9.59 Å². The molecule has 1 aromatic rings. The zero-order valence-electron chi connectivity index (χ0n) is 11.9. The molecule has 1 rings (SSSR count). The van der Waals surface area contributed by atoms with E-state index in [1.54, 1.807) is 14.0 Å². The number of nitrogens with two attached hydrogens (primary N) is 1. The van der Waals surface area contributed by atoms with Crippen LogP contribution in [-0.2, 0) is 20.8 Å². The lowest BCUT2D eigenvalue weighted by molar-refractivity contribution is -0.122. The Bertz CT molecular complexity index is 472. The Morgan fingerprint density at radius 3 is 2.85 bits per heavy atom. The molecule has 0 saturated heterocycles. The van der Waals surface area contributed by atoms with Gasteiger partial charge < -0.3 is 20.5 Å². The summed E-state index contributed by atoms with van der Waals surface area (Å²) in [6.07, 6.45) is 1.42. The van der Waals surface area contributed by atoms with Crippen molar-refractivity contribution in [1.29, 1.82) is 0 Å². The van der Waals surface area contributed by atoms with Crippen LogP contribution >= 0.6 is 0 Å². The predicted octanol–water partition coefficient (Wildman–Crippen LogP) is -0.207. The zero-order valence-corrected chi connectivity index (χ0v) is 11.9. The largest absolute Gasteiger partial charge is 0.461 e. The van der Waals surface area contributed by atoms with Crippen LogP contribution in [0.4, 0.5) is 5.69 Å². The van der Waals surface area contributed by atoms with Gasteiger partial charge in [-0.05, 0) is 13.8 Å². The number of hydrogen-bond donors (Lipinski definition) is 2. The van der Waals surface area contributed by atoms with E-state index >= 15 is 0 Å². The van der Waals surface area contributed by atoms with Crippen molar-refractivity contribution in [3.05, 3.63) is 11.9 Å². The van der Waals surface area contributed by atoms with Gasteiger partial charge in [-0.3, -0.25) is 9.48 Å². The highest BCUT2D eigenvalue weighted by Gasteiger charge is 2.17. The third-order valence-electron chi connectivity index (χ3n) is 2.39. The van der Waals surface area contributed by atoms with Gasteiger partial charge in [-0.15, -0.1) is 0 Å². The number of aromatic nitrogens is 2. The molecule has 0 aliphatic rings. The molecule has 0 spiro atoms. The summed E-state index contributed by atoms with van der Waals surface area (Å²) in [6.45, 7) is 4.14. The summed E-state index contributed by atoms with van der Waals surface area (Å²) < 4.78 is 11.0. The van der Waals surface area contributed by atoms with Gasteiger partial charge in [0.25, 0.3) is 0 Å². The van der Waals surface area contributed by atoms with Crippen LogP contribution in [0.5, 0.6) is 0 Å². The molecule has 112 valence electrons. The van der Waals surface area contributed by atoms with Crippen molar-refractivity contribution in [2.24, 2.45) is 0 Å². The number of esters is 1. The Hall–Kier alpha value is -2.09. The summed E-state index contributed by atoms with van der Waals surface area (Å²) in [4.78, 5) is 23.3. The van der Waals surface area contributed by atoms with E-state index in [0.717, 1.165) is 0 Å². The number of carbonyl (C=O) groups is 2. The van der Waals surface area contributed by atoms with Crippen molar-refractivity contribution in [1.82, 2.24) is 15.1 Å². The van der Waals surface area contributed by atoms with E-state index in [1.807, 2.05) is 6.92 Å². The second-order valence-corrected chi connectivity index (χ2v) is 4.28. The number of nitrogens with one attached hydrogen (secondary N) is 1. The summed E-state index contributed by atoms with van der Waals surface area (Å²) in [5.74, 6) is -0.843. The Labute approximate surface area is 117 Å². The number of rotatable bonds is 7. The van der Waals surface area contributed by atoms with Crippen LogP contribution in [-0.4, -0.2) is 48.0 Å². The molecule has 8 heteroatoms. The number of anilines is 1. The maximum Gasteiger partial charge on any atom is 0.361 e. The van der Waals surface area contributed by atoms with Gasteiger partial charge in [0, 0.05) is 19.3 Å². The third-order valence-corrected chi connectivity index (χ3v) is 2.39. The summed E-state index contributed by atoms with van der Waals surface area (Å²) in [5, 5.41) is 6.68. The van der Waals surface area contributed by atoms with E-state index in [1.165, 1.54) is 10.9 Å². The number of carbonyl (C=O) groups excluding carboxylic acids is 2. The molecule has 1 aromatic heterocycles. The molecular weight excluding hydrogens is 264 g/mol. The standard InChI is InChI=1S/C12H20N4O4/c1-4-20-12(18)11-9(13)5-16(15-11)6-10(17)14-8(2)7-19-3/h5,8H,4,6-7,13H2,1-3H3,(H,14,17). The molecule has 3 N–H and O–H groups in total. The molecule has 1 atom stereocenters. The van der Waals surface area contributed by atoms with Crippen LogP contribution in [0.3, 0.4) is 0 Å². The molecule has 0 aliphatic heterocycles. The minimum atomic E-state index is -0.600. The fourth-order valence-corrected chi connectivity index (χ4v) is 1.64. The average molecular weight is 284 g/mol. The van der Waals surface area contributed by atoms with Crippen LogP contribution in [0.15, 0.2) is 6.20 Å². The molecular formula is C12H20N4O4. The summed E-state index contributed by atoms with van der Waals surface area (Å²) in [7, 11) is 1.56. The first kappa shape index (κ1) is 16.0. The van der Waals surface area contributed by atoms with Gasteiger partial charge in [0.05, 0.1) is 18.9 Å². The molecule has 0 radical (unpaired) electrons. The first-order valence-electron chi connectivity index (χ1n) is 6.26. The van der Waals surface area contributed by atoms with Crippen LogP contribution in [0.25, 0.3) is 0 Å². The molecule has 0 aliphatic carbocycles. The summed E-state index contributed by atoms with van der Waals surface area (Å²) >= 11 is 0. The Morgan fingerprint density at radius 1 is 1.55 bits per heavy atom. The summed E-state index contributed by atoms with van der Waals surface area (Å²) in [5.41, 5.74) is 5.86. The average Bonchev–Trinajstić information content (AvgIpc) is 2.70. The molecule has 1 heterocycles. The van der Waals surface area contributed by atoms with Gasteiger partial charge in [-0.25, -0.2) is 4.79 Å². The zero-order chi connectivity index (χ0) is 15.1. The molecule has 8 nitrogen and oxygen atoms in total. The lowest BCUT2D eigenvalue weighted by atomic mass is 10.3. The smallest absolute Gasteiger partial charge is 0.361 e.